The summed E-state index contributed by atoms with van der Waals surface area (Å²) >= 11 is 0. The van der Waals surface area contributed by atoms with Crippen molar-refractivity contribution in [3.05, 3.63) is 35.5 Å². The van der Waals surface area contributed by atoms with Crippen LogP contribution in [-0.2, 0) is 10.3 Å². The topological polar surface area (TPSA) is 98.4 Å². The molecule has 2 fully saturated rings. The van der Waals surface area contributed by atoms with Gasteiger partial charge in [-0.1, -0.05) is 6.07 Å². The minimum atomic E-state index is -0.175. The number of carbonyl (C=O) groups is 2. The predicted molar refractivity (Wildman–Crippen MR) is 96.1 cm³/mol. The van der Waals surface area contributed by atoms with Gasteiger partial charge >= 0.3 is 0 Å². The standard InChI is InChI=1S/C19H22N4O3/c20-13-8-26-9-14(13)22-17(24)12-3-2-11-6-16-18(25)21-10-19(4-1-5-19)23(16)15(11)7-12/h2-3,6-7,13-14H,1,4-5,8-10,20H2,(H,21,25)(H,22,24)/t13-,14+/m1/s1. The molecule has 2 aromatic rings. The van der Waals surface area contributed by atoms with Gasteiger partial charge in [-0.2, -0.15) is 0 Å². The number of fused-ring (bicyclic) bond motifs is 4. The van der Waals surface area contributed by atoms with Crippen LogP contribution in [0.25, 0.3) is 10.9 Å². The molecule has 7 heteroatoms. The second kappa shape index (κ2) is 5.56. The van der Waals surface area contributed by atoms with E-state index in [0.29, 0.717) is 31.0 Å². The molecule has 0 radical (unpaired) electrons. The molecule has 1 spiro atoms. The van der Waals surface area contributed by atoms with E-state index >= 15 is 0 Å². The predicted octanol–water partition coefficient (Wildman–Crippen LogP) is 0.720. The van der Waals surface area contributed by atoms with E-state index in [1.807, 2.05) is 18.2 Å². The van der Waals surface area contributed by atoms with Crippen molar-refractivity contribution in [2.24, 2.45) is 5.73 Å². The Morgan fingerprint density at radius 3 is 2.85 bits per heavy atom. The number of nitrogens with two attached hydrogens (primary N) is 1. The van der Waals surface area contributed by atoms with Gasteiger partial charge in [0, 0.05) is 17.5 Å². The van der Waals surface area contributed by atoms with Gasteiger partial charge in [-0.15, -0.1) is 0 Å². The highest BCUT2D eigenvalue weighted by atomic mass is 16.5. The van der Waals surface area contributed by atoms with Crippen LogP contribution in [0, 0.1) is 0 Å². The smallest absolute Gasteiger partial charge is 0.268 e. The van der Waals surface area contributed by atoms with Crippen LogP contribution in [-0.4, -0.2) is 48.2 Å². The number of ether oxygens (including phenoxy) is 1. The number of carbonyl (C=O) groups excluding carboxylic acids is 2. The maximum atomic E-state index is 12.7. The number of benzene rings is 1. The number of amides is 2. The molecule has 1 saturated heterocycles. The molecule has 0 unspecified atom stereocenters. The normalized spacial score (nSPS) is 26.4. The molecule has 7 nitrogen and oxygen atoms in total. The van der Waals surface area contributed by atoms with Crippen LogP contribution < -0.4 is 16.4 Å². The highest BCUT2D eigenvalue weighted by Crippen LogP contribution is 2.44. The van der Waals surface area contributed by atoms with Crippen LogP contribution in [0.1, 0.15) is 40.1 Å². The average molecular weight is 354 g/mol. The minimum Gasteiger partial charge on any atom is -0.378 e. The van der Waals surface area contributed by atoms with E-state index < -0.39 is 0 Å². The number of nitrogens with one attached hydrogen (secondary N) is 2. The third-order valence-corrected chi connectivity index (χ3v) is 6.08. The summed E-state index contributed by atoms with van der Waals surface area (Å²) in [6, 6.07) is 7.20. The van der Waals surface area contributed by atoms with Crippen molar-refractivity contribution in [2.75, 3.05) is 19.8 Å². The summed E-state index contributed by atoms with van der Waals surface area (Å²) in [6.45, 7) is 1.57. The zero-order valence-electron chi connectivity index (χ0n) is 14.5. The number of rotatable bonds is 2. The Hall–Kier alpha value is -2.38. The summed E-state index contributed by atoms with van der Waals surface area (Å²) < 4.78 is 7.47. The van der Waals surface area contributed by atoms with Crippen LogP contribution in [0.5, 0.6) is 0 Å². The summed E-state index contributed by atoms with van der Waals surface area (Å²) in [6.07, 6.45) is 3.26. The average Bonchev–Trinajstić information content (AvgIpc) is 3.18. The Labute approximate surface area is 150 Å². The van der Waals surface area contributed by atoms with Gasteiger partial charge in [0.25, 0.3) is 11.8 Å². The number of aromatic nitrogens is 1. The fraction of sp³-hybridized carbons (Fsp3) is 0.474. The van der Waals surface area contributed by atoms with E-state index in [1.54, 1.807) is 6.07 Å². The fourth-order valence-electron chi connectivity index (χ4n) is 4.39. The Morgan fingerprint density at radius 2 is 2.15 bits per heavy atom. The van der Waals surface area contributed by atoms with Gasteiger partial charge in [0.1, 0.15) is 5.69 Å². The summed E-state index contributed by atoms with van der Waals surface area (Å²) in [7, 11) is 0. The van der Waals surface area contributed by atoms with Crippen molar-refractivity contribution in [3.8, 4) is 0 Å². The fourth-order valence-corrected chi connectivity index (χ4v) is 4.39. The molecular formula is C19H22N4O3. The van der Waals surface area contributed by atoms with Crippen molar-refractivity contribution in [1.82, 2.24) is 15.2 Å². The van der Waals surface area contributed by atoms with Gasteiger partial charge in [-0.05, 0) is 37.5 Å². The third-order valence-electron chi connectivity index (χ3n) is 6.08. The van der Waals surface area contributed by atoms with Gasteiger partial charge in [-0.25, -0.2) is 0 Å². The van der Waals surface area contributed by atoms with Crippen LogP contribution in [0.15, 0.2) is 24.3 Å². The molecule has 136 valence electrons. The van der Waals surface area contributed by atoms with E-state index in [9.17, 15) is 9.59 Å². The van der Waals surface area contributed by atoms with Crippen LogP contribution in [0.3, 0.4) is 0 Å². The van der Waals surface area contributed by atoms with Crippen LogP contribution in [0.4, 0.5) is 0 Å². The lowest BCUT2D eigenvalue weighted by Gasteiger charge is -2.47. The second-order valence-corrected chi connectivity index (χ2v) is 7.68. The van der Waals surface area contributed by atoms with Gasteiger partial charge in [0.2, 0.25) is 0 Å². The number of nitrogens with zero attached hydrogens (tertiary/aromatic N) is 1. The molecule has 3 aliphatic rings. The molecule has 1 aromatic heterocycles. The first-order chi connectivity index (χ1) is 12.6. The van der Waals surface area contributed by atoms with E-state index in [0.717, 1.165) is 30.2 Å². The van der Waals surface area contributed by atoms with Gasteiger partial charge < -0.3 is 25.7 Å². The van der Waals surface area contributed by atoms with Crippen molar-refractivity contribution >= 4 is 22.7 Å². The Morgan fingerprint density at radius 1 is 1.31 bits per heavy atom. The molecular weight excluding hydrogens is 332 g/mol. The molecule has 2 atom stereocenters. The lowest BCUT2D eigenvalue weighted by molar-refractivity contribution is 0.0763. The van der Waals surface area contributed by atoms with Gasteiger partial charge in [0.15, 0.2) is 0 Å². The first kappa shape index (κ1) is 15.8. The van der Waals surface area contributed by atoms with Crippen molar-refractivity contribution in [3.63, 3.8) is 0 Å². The zero-order valence-corrected chi connectivity index (χ0v) is 14.5. The molecule has 1 aromatic carbocycles. The molecule has 1 saturated carbocycles. The third kappa shape index (κ3) is 2.20. The Kier molecular flexibility index (Phi) is 3.39. The summed E-state index contributed by atoms with van der Waals surface area (Å²) in [5.41, 5.74) is 8.14. The van der Waals surface area contributed by atoms with Crippen molar-refractivity contribution in [1.29, 1.82) is 0 Å². The van der Waals surface area contributed by atoms with E-state index in [-0.39, 0.29) is 29.4 Å². The Bertz CT molecular complexity index is 915. The molecule has 26 heavy (non-hydrogen) atoms. The molecule has 5 rings (SSSR count). The number of hydrogen-bond donors (Lipinski definition) is 3. The largest absolute Gasteiger partial charge is 0.378 e. The highest BCUT2D eigenvalue weighted by molar-refractivity contribution is 6.03. The SMILES string of the molecule is N[C@@H]1COC[C@@H]1NC(=O)c1ccc2cc3n(c2c1)C1(CCC1)CNC3=O. The maximum absolute atomic E-state index is 12.7. The first-order valence-corrected chi connectivity index (χ1v) is 9.16. The summed E-state index contributed by atoms with van der Waals surface area (Å²) in [5, 5.41) is 6.96. The molecule has 4 N–H and O–H groups in total. The minimum absolute atomic E-state index is 0.0399. The second-order valence-electron chi connectivity index (χ2n) is 7.68. The van der Waals surface area contributed by atoms with Crippen molar-refractivity contribution in [2.45, 2.75) is 36.9 Å². The highest BCUT2D eigenvalue weighted by Gasteiger charge is 2.44. The maximum Gasteiger partial charge on any atom is 0.268 e. The molecule has 1 aliphatic carbocycles. The van der Waals surface area contributed by atoms with Crippen LogP contribution >= 0.6 is 0 Å². The van der Waals surface area contributed by atoms with Gasteiger partial charge in [0.05, 0.1) is 36.4 Å². The molecule has 2 aliphatic heterocycles. The lowest BCUT2D eigenvalue weighted by Crippen LogP contribution is -2.55. The van der Waals surface area contributed by atoms with Gasteiger partial charge in [-0.3, -0.25) is 9.59 Å². The monoisotopic (exact) mass is 354 g/mol. The molecule has 2 amide bonds. The summed E-state index contributed by atoms with van der Waals surface area (Å²) in [4.78, 5) is 25.0. The van der Waals surface area contributed by atoms with Crippen LogP contribution in [0.2, 0.25) is 0 Å². The van der Waals surface area contributed by atoms with E-state index in [4.69, 9.17) is 10.5 Å². The molecule has 0 bridgehead atoms. The number of hydrogen-bond acceptors (Lipinski definition) is 4. The zero-order chi connectivity index (χ0) is 17.9. The summed E-state index contributed by atoms with van der Waals surface area (Å²) in [5.74, 6) is -0.199. The Balaban J connectivity index is 1.54. The molecule has 3 heterocycles. The first-order valence-electron chi connectivity index (χ1n) is 9.16. The lowest BCUT2D eigenvalue weighted by atomic mass is 9.75. The van der Waals surface area contributed by atoms with E-state index in [1.165, 1.54) is 0 Å². The van der Waals surface area contributed by atoms with E-state index in [2.05, 4.69) is 15.2 Å². The quantitative estimate of drug-likeness (QED) is 0.740. The van der Waals surface area contributed by atoms with Crippen molar-refractivity contribution < 1.29 is 14.3 Å².